The second-order valence-electron chi connectivity index (χ2n) is 4.50. The Morgan fingerprint density at radius 2 is 2.15 bits per heavy atom. The summed E-state index contributed by atoms with van der Waals surface area (Å²) in [5.74, 6) is 0.412. The monoisotopic (exact) mass is 278 g/mol. The molecule has 4 nitrogen and oxygen atoms in total. The first-order valence-corrected chi connectivity index (χ1v) is 6.81. The van der Waals surface area contributed by atoms with Gasteiger partial charge in [0.05, 0.1) is 13.7 Å². The molecule has 0 bridgehead atoms. The third-order valence-electron chi connectivity index (χ3n) is 2.98. The molecule has 0 aliphatic heterocycles. The van der Waals surface area contributed by atoms with E-state index in [1.54, 1.807) is 18.2 Å². The number of aliphatic hydroxyl groups excluding tert-OH is 1. The molecule has 1 N–H and O–H groups in total. The minimum Gasteiger partial charge on any atom is -0.493 e. The van der Waals surface area contributed by atoms with Gasteiger partial charge in [0, 0.05) is 12.0 Å². The second-order valence-corrected chi connectivity index (χ2v) is 4.50. The van der Waals surface area contributed by atoms with Crippen LogP contribution in [0.3, 0.4) is 0 Å². The van der Waals surface area contributed by atoms with Gasteiger partial charge >= 0.3 is 5.97 Å². The summed E-state index contributed by atoms with van der Waals surface area (Å²) in [6, 6.07) is 3.45. The molecular formula is C16H22O4. The van der Waals surface area contributed by atoms with Crippen molar-refractivity contribution in [3.63, 3.8) is 0 Å². The number of aliphatic hydroxyl groups is 1. The van der Waals surface area contributed by atoms with E-state index in [9.17, 15) is 9.90 Å². The molecule has 0 aliphatic carbocycles. The van der Waals surface area contributed by atoms with E-state index in [-0.39, 0.29) is 12.6 Å². The van der Waals surface area contributed by atoms with Crippen LogP contribution < -0.4 is 9.47 Å². The maximum Gasteiger partial charge on any atom is 0.311 e. The smallest absolute Gasteiger partial charge is 0.311 e. The number of hydrogen-bond acceptors (Lipinski definition) is 4. The Bertz CT molecular complexity index is 441. The normalized spacial score (nSPS) is 10.2. The lowest BCUT2D eigenvalue weighted by Gasteiger charge is -2.14. The van der Waals surface area contributed by atoms with Gasteiger partial charge in [0.25, 0.3) is 0 Å². The molecule has 1 rings (SSSR count). The molecule has 0 unspecified atom stereocenters. The van der Waals surface area contributed by atoms with Crippen molar-refractivity contribution in [1.29, 1.82) is 0 Å². The highest BCUT2D eigenvalue weighted by Gasteiger charge is 2.15. The van der Waals surface area contributed by atoms with Crippen molar-refractivity contribution in [2.75, 3.05) is 7.11 Å². The van der Waals surface area contributed by atoms with Gasteiger partial charge in [-0.25, -0.2) is 0 Å². The van der Waals surface area contributed by atoms with Gasteiger partial charge in [-0.05, 0) is 24.1 Å². The second kappa shape index (κ2) is 8.38. The van der Waals surface area contributed by atoms with Gasteiger partial charge in [-0.2, -0.15) is 0 Å². The van der Waals surface area contributed by atoms with E-state index in [0.717, 1.165) is 24.8 Å². The molecular weight excluding hydrogens is 256 g/mol. The number of hydrogen-bond donors (Lipinski definition) is 1. The summed E-state index contributed by atoms with van der Waals surface area (Å²) in [6.07, 6.45) is 4.86. The molecule has 0 fully saturated rings. The maximum atomic E-state index is 11.8. The van der Waals surface area contributed by atoms with E-state index in [4.69, 9.17) is 9.47 Å². The summed E-state index contributed by atoms with van der Waals surface area (Å²) in [5, 5.41) is 9.40. The Hall–Kier alpha value is -1.81. The molecule has 0 spiro atoms. The van der Waals surface area contributed by atoms with Gasteiger partial charge in [-0.1, -0.05) is 32.4 Å². The first-order chi connectivity index (χ1) is 9.65. The van der Waals surface area contributed by atoms with Crippen molar-refractivity contribution < 1.29 is 19.4 Å². The van der Waals surface area contributed by atoms with Crippen LogP contribution >= 0.6 is 0 Å². The number of methoxy groups -OCH3 is 1. The van der Waals surface area contributed by atoms with Crippen molar-refractivity contribution >= 4 is 12.0 Å². The molecule has 20 heavy (non-hydrogen) atoms. The lowest BCUT2D eigenvalue weighted by Crippen LogP contribution is -2.10. The SMILES string of the molecule is C=Cc1cc(CO)c(OC(=O)CCCCC)c(OC)c1. The van der Waals surface area contributed by atoms with Crippen LogP contribution in [0.5, 0.6) is 11.5 Å². The summed E-state index contributed by atoms with van der Waals surface area (Å²) in [7, 11) is 1.50. The molecule has 110 valence electrons. The third kappa shape index (κ3) is 4.38. The fourth-order valence-corrected chi connectivity index (χ4v) is 1.87. The standard InChI is InChI=1S/C16H22O4/c1-4-6-7-8-15(18)20-16-13(11-17)9-12(5-2)10-14(16)19-3/h5,9-10,17H,2,4,6-8,11H2,1,3H3. The van der Waals surface area contributed by atoms with Crippen LogP contribution in [0, 0.1) is 0 Å². The van der Waals surface area contributed by atoms with Crippen LogP contribution in [0.4, 0.5) is 0 Å². The minimum absolute atomic E-state index is 0.227. The van der Waals surface area contributed by atoms with Crippen LogP contribution in [0.2, 0.25) is 0 Å². The summed E-state index contributed by atoms with van der Waals surface area (Å²) in [6.45, 7) is 5.53. The average Bonchev–Trinajstić information content (AvgIpc) is 2.47. The van der Waals surface area contributed by atoms with Crippen LogP contribution in [0.1, 0.15) is 43.7 Å². The first kappa shape index (κ1) is 16.2. The largest absolute Gasteiger partial charge is 0.493 e. The molecule has 0 aromatic heterocycles. The summed E-state index contributed by atoms with van der Waals surface area (Å²) >= 11 is 0. The summed E-state index contributed by atoms with van der Waals surface area (Å²) < 4.78 is 10.6. The van der Waals surface area contributed by atoms with E-state index in [1.807, 2.05) is 0 Å². The Labute approximate surface area is 120 Å². The number of ether oxygens (including phenoxy) is 2. The highest BCUT2D eigenvalue weighted by Crippen LogP contribution is 2.33. The van der Waals surface area contributed by atoms with Crippen molar-refractivity contribution in [3.8, 4) is 11.5 Å². The quantitative estimate of drug-likeness (QED) is 0.450. The fraction of sp³-hybridized carbons (Fsp3) is 0.438. The lowest BCUT2D eigenvalue weighted by molar-refractivity contribution is -0.134. The third-order valence-corrected chi connectivity index (χ3v) is 2.98. The van der Waals surface area contributed by atoms with Gasteiger partial charge < -0.3 is 14.6 Å². The van der Waals surface area contributed by atoms with Crippen LogP contribution in [-0.2, 0) is 11.4 Å². The molecule has 4 heteroatoms. The predicted octanol–water partition coefficient (Wildman–Crippen LogP) is 3.32. The van der Waals surface area contributed by atoms with E-state index >= 15 is 0 Å². The highest BCUT2D eigenvalue weighted by molar-refractivity contribution is 5.74. The zero-order chi connectivity index (χ0) is 15.0. The Morgan fingerprint density at radius 1 is 1.40 bits per heavy atom. The van der Waals surface area contributed by atoms with Crippen molar-refractivity contribution in [2.45, 2.75) is 39.2 Å². The fourth-order valence-electron chi connectivity index (χ4n) is 1.87. The molecule has 0 radical (unpaired) electrons. The lowest BCUT2D eigenvalue weighted by atomic mass is 10.1. The zero-order valence-corrected chi connectivity index (χ0v) is 12.1. The van der Waals surface area contributed by atoms with Gasteiger partial charge in [0.2, 0.25) is 0 Å². The Morgan fingerprint density at radius 3 is 2.70 bits per heavy atom. The number of benzene rings is 1. The first-order valence-electron chi connectivity index (χ1n) is 6.81. The van der Waals surface area contributed by atoms with E-state index in [2.05, 4.69) is 13.5 Å². The molecule has 1 aromatic carbocycles. The maximum absolute atomic E-state index is 11.8. The van der Waals surface area contributed by atoms with E-state index in [1.165, 1.54) is 7.11 Å². The van der Waals surface area contributed by atoms with Gasteiger partial charge in [0.15, 0.2) is 11.5 Å². The number of unbranched alkanes of at least 4 members (excludes halogenated alkanes) is 2. The van der Waals surface area contributed by atoms with E-state index in [0.29, 0.717) is 23.5 Å². The van der Waals surface area contributed by atoms with Crippen LogP contribution in [0.25, 0.3) is 6.08 Å². The molecule has 0 saturated heterocycles. The number of carbonyl (C=O) groups is 1. The molecule has 0 heterocycles. The number of rotatable bonds is 8. The molecule has 0 aliphatic rings. The number of carbonyl (C=O) groups excluding carboxylic acids is 1. The van der Waals surface area contributed by atoms with Crippen LogP contribution in [0.15, 0.2) is 18.7 Å². The van der Waals surface area contributed by atoms with Gasteiger partial charge in [0.1, 0.15) is 0 Å². The van der Waals surface area contributed by atoms with Crippen LogP contribution in [-0.4, -0.2) is 18.2 Å². The van der Waals surface area contributed by atoms with Crippen molar-refractivity contribution in [2.24, 2.45) is 0 Å². The molecule has 1 aromatic rings. The minimum atomic E-state index is -0.308. The average molecular weight is 278 g/mol. The topological polar surface area (TPSA) is 55.8 Å². The summed E-state index contributed by atoms with van der Waals surface area (Å²) in [5.41, 5.74) is 1.32. The Balaban J connectivity index is 2.92. The molecule has 0 atom stereocenters. The Kier molecular flexibility index (Phi) is 6.81. The predicted molar refractivity (Wildman–Crippen MR) is 78.8 cm³/mol. The highest BCUT2D eigenvalue weighted by atomic mass is 16.6. The zero-order valence-electron chi connectivity index (χ0n) is 12.1. The number of esters is 1. The van der Waals surface area contributed by atoms with Gasteiger partial charge in [-0.15, -0.1) is 0 Å². The summed E-state index contributed by atoms with van der Waals surface area (Å²) in [4.78, 5) is 11.8. The van der Waals surface area contributed by atoms with Crippen molar-refractivity contribution in [3.05, 3.63) is 29.8 Å². The van der Waals surface area contributed by atoms with Gasteiger partial charge in [-0.3, -0.25) is 4.79 Å². The van der Waals surface area contributed by atoms with Crippen molar-refractivity contribution in [1.82, 2.24) is 0 Å². The molecule has 0 amide bonds. The van der Waals surface area contributed by atoms with E-state index < -0.39 is 0 Å². The molecule has 0 saturated carbocycles.